The Hall–Kier alpha value is -2.69. The summed E-state index contributed by atoms with van der Waals surface area (Å²) in [6, 6.07) is 15.0. The summed E-state index contributed by atoms with van der Waals surface area (Å²) in [6.07, 6.45) is 0.126. The van der Waals surface area contributed by atoms with Gasteiger partial charge in [-0.25, -0.2) is 0 Å². The molecule has 120 valence electrons. The SMILES string of the molecule is COc1cccc(CC(=O)NC[C@@H]2COc3ccccc3O2)c1. The van der Waals surface area contributed by atoms with Gasteiger partial charge < -0.3 is 19.5 Å². The first kappa shape index (κ1) is 15.2. The fourth-order valence-electron chi connectivity index (χ4n) is 2.42. The van der Waals surface area contributed by atoms with Crippen LogP contribution in [0.3, 0.4) is 0 Å². The van der Waals surface area contributed by atoms with Crippen LogP contribution in [0, 0.1) is 0 Å². The highest BCUT2D eigenvalue weighted by Crippen LogP contribution is 2.30. The monoisotopic (exact) mass is 313 g/mol. The number of fused-ring (bicyclic) bond motifs is 1. The van der Waals surface area contributed by atoms with Crippen LogP contribution in [0.1, 0.15) is 5.56 Å². The zero-order valence-corrected chi connectivity index (χ0v) is 13.0. The number of para-hydroxylation sites is 2. The van der Waals surface area contributed by atoms with Crippen LogP contribution >= 0.6 is 0 Å². The number of nitrogens with one attached hydrogen (secondary N) is 1. The lowest BCUT2D eigenvalue weighted by Crippen LogP contribution is -2.41. The van der Waals surface area contributed by atoms with Gasteiger partial charge in [0, 0.05) is 0 Å². The van der Waals surface area contributed by atoms with Crippen LogP contribution in [-0.4, -0.2) is 32.3 Å². The van der Waals surface area contributed by atoms with Gasteiger partial charge in [-0.05, 0) is 29.8 Å². The van der Waals surface area contributed by atoms with E-state index in [1.54, 1.807) is 7.11 Å². The molecule has 0 spiro atoms. The van der Waals surface area contributed by atoms with Crippen molar-refractivity contribution in [3.63, 3.8) is 0 Å². The van der Waals surface area contributed by atoms with Gasteiger partial charge in [-0.2, -0.15) is 0 Å². The molecule has 1 aliphatic rings. The van der Waals surface area contributed by atoms with Crippen LogP contribution in [-0.2, 0) is 11.2 Å². The van der Waals surface area contributed by atoms with E-state index in [9.17, 15) is 4.79 Å². The topological polar surface area (TPSA) is 56.8 Å². The Kier molecular flexibility index (Phi) is 4.66. The van der Waals surface area contributed by atoms with Crippen molar-refractivity contribution in [2.75, 3.05) is 20.3 Å². The summed E-state index contributed by atoms with van der Waals surface area (Å²) in [6.45, 7) is 0.841. The van der Waals surface area contributed by atoms with Gasteiger partial charge >= 0.3 is 0 Å². The standard InChI is InChI=1S/C18H19NO4/c1-21-14-6-4-5-13(9-14)10-18(20)19-11-15-12-22-16-7-2-3-8-17(16)23-15/h2-9,15H,10-12H2,1H3,(H,19,20)/t15-/m1/s1. The molecule has 0 saturated heterocycles. The third-order valence-electron chi connectivity index (χ3n) is 3.59. The van der Waals surface area contributed by atoms with E-state index in [2.05, 4.69) is 5.32 Å². The molecule has 0 radical (unpaired) electrons. The third-order valence-corrected chi connectivity index (χ3v) is 3.59. The minimum atomic E-state index is -0.181. The summed E-state index contributed by atoms with van der Waals surface area (Å²) in [5, 5.41) is 2.88. The van der Waals surface area contributed by atoms with Gasteiger partial charge in [0.2, 0.25) is 5.91 Å². The molecule has 2 aromatic rings. The smallest absolute Gasteiger partial charge is 0.224 e. The Morgan fingerprint density at radius 3 is 2.87 bits per heavy atom. The van der Waals surface area contributed by atoms with Crippen molar-refractivity contribution in [1.82, 2.24) is 5.32 Å². The molecule has 2 aromatic carbocycles. The lowest BCUT2D eigenvalue weighted by molar-refractivity contribution is -0.120. The molecular formula is C18H19NO4. The molecule has 0 aliphatic carbocycles. The van der Waals surface area contributed by atoms with Gasteiger partial charge in [0.1, 0.15) is 18.5 Å². The molecule has 0 saturated carbocycles. The minimum absolute atomic E-state index is 0.0549. The molecule has 0 unspecified atom stereocenters. The largest absolute Gasteiger partial charge is 0.497 e. The molecule has 1 N–H and O–H groups in total. The second kappa shape index (κ2) is 7.05. The summed E-state index contributed by atoms with van der Waals surface area (Å²) in [5.41, 5.74) is 0.910. The van der Waals surface area contributed by atoms with Crippen molar-refractivity contribution >= 4 is 5.91 Å². The summed E-state index contributed by atoms with van der Waals surface area (Å²) < 4.78 is 16.6. The maximum atomic E-state index is 12.1. The molecule has 0 fully saturated rings. The third kappa shape index (κ3) is 3.94. The van der Waals surface area contributed by atoms with Crippen LogP contribution in [0.25, 0.3) is 0 Å². The fourth-order valence-corrected chi connectivity index (χ4v) is 2.42. The number of amides is 1. The summed E-state index contributed by atoms with van der Waals surface area (Å²) in [4.78, 5) is 12.1. The Labute approximate surface area is 135 Å². The molecule has 5 nitrogen and oxygen atoms in total. The number of ether oxygens (including phenoxy) is 3. The zero-order chi connectivity index (χ0) is 16.1. The Balaban J connectivity index is 1.50. The van der Waals surface area contributed by atoms with Crippen molar-refractivity contribution in [1.29, 1.82) is 0 Å². The van der Waals surface area contributed by atoms with Crippen LogP contribution in [0.15, 0.2) is 48.5 Å². The second-order valence-corrected chi connectivity index (χ2v) is 5.33. The molecule has 1 aliphatic heterocycles. The molecule has 1 heterocycles. The molecule has 0 bridgehead atoms. The van der Waals surface area contributed by atoms with Gasteiger partial charge in [-0.3, -0.25) is 4.79 Å². The van der Waals surface area contributed by atoms with Crippen LogP contribution in [0.5, 0.6) is 17.2 Å². The lowest BCUT2D eigenvalue weighted by Gasteiger charge is -2.26. The second-order valence-electron chi connectivity index (χ2n) is 5.33. The Bertz CT molecular complexity index is 686. The van der Waals surface area contributed by atoms with E-state index >= 15 is 0 Å². The van der Waals surface area contributed by atoms with Crippen molar-refractivity contribution < 1.29 is 19.0 Å². The molecule has 23 heavy (non-hydrogen) atoms. The molecular weight excluding hydrogens is 294 g/mol. The normalized spacial score (nSPS) is 15.8. The van der Waals surface area contributed by atoms with E-state index in [1.165, 1.54) is 0 Å². The first-order valence-corrected chi connectivity index (χ1v) is 7.52. The molecule has 1 amide bonds. The predicted octanol–water partition coefficient (Wildman–Crippen LogP) is 2.19. The first-order chi connectivity index (χ1) is 11.2. The average molecular weight is 313 g/mol. The maximum absolute atomic E-state index is 12.1. The van der Waals surface area contributed by atoms with Crippen molar-refractivity contribution in [3.8, 4) is 17.2 Å². The van der Waals surface area contributed by atoms with E-state index in [-0.39, 0.29) is 12.0 Å². The highest BCUT2D eigenvalue weighted by atomic mass is 16.6. The maximum Gasteiger partial charge on any atom is 0.224 e. The van der Waals surface area contributed by atoms with Crippen molar-refractivity contribution in [2.45, 2.75) is 12.5 Å². The molecule has 3 rings (SSSR count). The number of benzene rings is 2. The van der Waals surface area contributed by atoms with Gasteiger partial charge in [0.25, 0.3) is 0 Å². The fraction of sp³-hybridized carbons (Fsp3) is 0.278. The molecule has 5 heteroatoms. The molecule has 0 aromatic heterocycles. The van der Waals surface area contributed by atoms with Gasteiger partial charge in [0.15, 0.2) is 11.5 Å². The van der Waals surface area contributed by atoms with E-state index in [4.69, 9.17) is 14.2 Å². The highest BCUT2D eigenvalue weighted by molar-refractivity contribution is 5.78. The van der Waals surface area contributed by atoms with Crippen LogP contribution in [0.2, 0.25) is 0 Å². The summed E-state index contributed by atoms with van der Waals surface area (Å²) >= 11 is 0. The predicted molar refractivity (Wildman–Crippen MR) is 86.1 cm³/mol. The number of rotatable bonds is 5. The number of carbonyl (C=O) groups is 1. The van der Waals surface area contributed by atoms with Gasteiger partial charge in [-0.15, -0.1) is 0 Å². The van der Waals surface area contributed by atoms with E-state index in [0.29, 0.717) is 25.3 Å². The number of hydrogen-bond donors (Lipinski definition) is 1. The van der Waals surface area contributed by atoms with E-state index in [1.807, 2.05) is 48.5 Å². The molecule has 1 atom stereocenters. The minimum Gasteiger partial charge on any atom is -0.497 e. The first-order valence-electron chi connectivity index (χ1n) is 7.52. The summed E-state index contributed by atoms with van der Waals surface area (Å²) in [5.74, 6) is 2.15. The zero-order valence-electron chi connectivity index (χ0n) is 13.0. The summed E-state index contributed by atoms with van der Waals surface area (Å²) in [7, 11) is 1.61. The van der Waals surface area contributed by atoms with Crippen LogP contribution in [0.4, 0.5) is 0 Å². The van der Waals surface area contributed by atoms with Gasteiger partial charge in [0.05, 0.1) is 20.1 Å². The lowest BCUT2D eigenvalue weighted by atomic mass is 10.1. The Morgan fingerprint density at radius 2 is 2.04 bits per heavy atom. The Morgan fingerprint density at radius 1 is 1.22 bits per heavy atom. The number of carbonyl (C=O) groups excluding carboxylic acids is 1. The quantitative estimate of drug-likeness (QED) is 0.919. The van der Waals surface area contributed by atoms with Gasteiger partial charge in [-0.1, -0.05) is 24.3 Å². The van der Waals surface area contributed by atoms with Crippen molar-refractivity contribution in [2.24, 2.45) is 0 Å². The van der Waals surface area contributed by atoms with Crippen LogP contribution < -0.4 is 19.5 Å². The van der Waals surface area contributed by atoms with Crippen molar-refractivity contribution in [3.05, 3.63) is 54.1 Å². The number of methoxy groups -OCH3 is 1. The number of hydrogen-bond acceptors (Lipinski definition) is 4. The van der Waals surface area contributed by atoms with E-state index < -0.39 is 0 Å². The van der Waals surface area contributed by atoms with E-state index in [0.717, 1.165) is 17.1 Å². The average Bonchev–Trinajstić information content (AvgIpc) is 2.60. The highest BCUT2D eigenvalue weighted by Gasteiger charge is 2.20.